The number of nitrogens with zero attached hydrogens (tertiary/aromatic N) is 1. The van der Waals surface area contributed by atoms with E-state index in [-0.39, 0.29) is 11.5 Å². The molecule has 2 N–H and O–H groups in total. The third-order valence-electron chi connectivity index (χ3n) is 5.90. The van der Waals surface area contributed by atoms with Crippen molar-refractivity contribution in [2.24, 2.45) is 0 Å². The molecule has 0 saturated carbocycles. The maximum atomic E-state index is 13.0. The molecule has 6 nitrogen and oxygen atoms in total. The second kappa shape index (κ2) is 9.96. The monoisotopic (exact) mass is 449 g/mol. The first-order chi connectivity index (χ1) is 15.5. The Bertz CT molecular complexity index is 1270. The van der Waals surface area contributed by atoms with Gasteiger partial charge in [0.15, 0.2) is 4.77 Å². The van der Waals surface area contributed by atoms with Gasteiger partial charge in [0.25, 0.3) is 11.5 Å². The standard InChI is InChI=1S/C25H27N3O3S/c1-31-20-10-7-18(8-11-20)16-26-23(29)19-9-12-21-22(15-19)27-25(32)28(24(21)30)14-13-17-5-3-2-4-6-17/h5,7-12,15H,2-4,6,13-14,16H2,1H3,(H,26,29)(H,27,32). The van der Waals surface area contributed by atoms with Gasteiger partial charge in [0.05, 0.1) is 18.0 Å². The highest BCUT2D eigenvalue weighted by atomic mass is 32.1. The Labute approximate surface area is 191 Å². The van der Waals surface area contributed by atoms with Crippen LogP contribution in [0.1, 0.15) is 48.0 Å². The van der Waals surface area contributed by atoms with Crippen LogP contribution in [0.4, 0.5) is 0 Å². The first-order valence-electron chi connectivity index (χ1n) is 10.9. The first kappa shape index (κ1) is 22.0. The minimum absolute atomic E-state index is 0.120. The number of ether oxygens (including phenoxy) is 1. The van der Waals surface area contributed by atoms with E-state index < -0.39 is 0 Å². The minimum atomic E-state index is -0.213. The van der Waals surface area contributed by atoms with Gasteiger partial charge < -0.3 is 15.0 Å². The maximum Gasteiger partial charge on any atom is 0.262 e. The summed E-state index contributed by atoms with van der Waals surface area (Å²) in [6, 6.07) is 12.6. The molecule has 0 atom stereocenters. The van der Waals surface area contributed by atoms with Crippen molar-refractivity contribution in [2.75, 3.05) is 7.11 Å². The lowest BCUT2D eigenvalue weighted by Crippen LogP contribution is -2.24. The number of aromatic nitrogens is 2. The van der Waals surface area contributed by atoms with E-state index in [1.807, 2.05) is 24.3 Å². The SMILES string of the molecule is COc1ccc(CNC(=O)c2ccc3c(=O)n(CCC4=CCCCC4)c(=S)[nH]c3c2)cc1. The van der Waals surface area contributed by atoms with E-state index in [1.165, 1.54) is 18.4 Å². The number of aromatic amines is 1. The van der Waals surface area contributed by atoms with Gasteiger partial charge in [-0.1, -0.05) is 23.8 Å². The van der Waals surface area contributed by atoms with Crippen molar-refractivity contribution >= 4 is 29.0 Å². The molecule has 0 bridgehead atoms. The predicted molar refractivity (Wildman–Crippen MR) is 129 cm³/mol. The molecule has 7 heteroatoms. The fourth-order valence-corrected chi connectivity index (χ4v) is 4.30. The molecule has 1 heterocycles. The zero-order valence-corrected chi connectivity index (χ0v) is 19.0. The van der Waals surface area contributed by atoms with Crippen LogP contribution in [0.5, 0.6) is 5.75 Å². The molecular weight excluding hydrogens is 422 g/mol. The average Bonchev–Trinajstić information content (AvgIpc) is 2.83. The molecular formula is C25H27N3O3S. The fourth-order valence-electron chi connectivity index (χ4n) is 4.01. The normalized spacial score (nSPS) is 13.6. The molecule has 4 rings (SSSR count). The molecule has 1 aliphatic carbocycles. The number of carbonyl (C=O) groups is 1. The van der Waals surface area contributed by atoms with Crippen LogP contribution in [0.3, 0.4) is 0 Å². The van der Waals surface area contributed by atoms with Crippen molar-refractivity contribution in [3.63, 3.8) is 0 Å². The molecule has 0 unspecified atom stereocenters. The number of nitrogens with one attached hydrogen (secondary N) is 2. The van der Waals surface area contributed by atoms with Gasteiger partial charge >= 0.3 is 0 Å². The molecule has 1 aliphatic rings. The second-order valence-corrected chi connectivity index (χ2v) is 8.42. The summed E-state index contributed by atoms with van der Waals surface area (Å²) < 4.78 is 7.15. The Balaban J connectivity index is 1.49. The van der Waals surface area contributed by atoms with Crippen molar-refractivity contribution in [1.82, 2.24) is 14.9 Å². The van der Waals surface area contributed by atoms with E-state index in [0.717, 1.165) is 30.6 Å². The number of carbonyl (C=O) groups excluding carboxylic acids is 1. The second-order valence-electron chi connectivity index (χ2n) is 8.04. The van der Waals surface area contributed by atoms with Gasteiger partial charge in [-0.3, -0.25) is 14.2 Å². The van der Waals surface area contributed by atoms with E-state index in [9.17, 15) is 9.59 Å². The summed E-state index contributed by atoms with van der Waals surface area (Å²) in [6.07, 6.45) is 7.82. The average molecular weight is 450 g/mol. The van der Waals surface area contributed by atoms with E-state index in [4.69, 9.17) is 17.0 Å². The number of amides is 1. The summed E-state index contributed by atoms with van der Waals surface area (Å²) in [4.78, 5) is 28.8. The Morgan fingerprint density at radius 2 is 2.00 bits per heavy atom. The highest BCUT2D eigenvalue weighted by Crippen LogP contribution is 2.20. The number of hydrogen-bond acceptors (Lipinski definition) is 4. The summed E-state index contributed by atoms with van der Waals surface area (Å²) in [5.74, 6) is 0.557. The lowest BCUT2D eigenvalue weighted by Gasteiger charge is -2.14. The summed E-state index contributed by atoms with van der Waals surface area (Å²) in [7, 11) is 1.62. The highest BCUT2D eigenvalue weighted by molar-refractivity contribution is 7.71. The smallest absolute Gasteiger partial charge is 0.262 e. The molecule has 3 aromatic rings. The van der Waals surface area contributed by atoms with E-state index in [1.54, 1.807) is 29.9 Å². The van der Waals surface area contributed by atoms with Crippen LogP contribution in [0.25, 0.3) is 10.9 Å². The molecule has 0 saturated heterocycles. The molecule has 0 fully saturated rings. The van der Waals surface area contributed by atoms with Crippen LogP contribution < -0.4 is 15.6 Å². The fraction of sp³-hybridized carbons (Fsp3) is 0.320. The van der Waals surface area contributed by atoms with Crippen molar-refractivity contribution in [1.29, 1.82) is 0 Å². The van der Waals surface area contributed by atoms with Gasteiger partial charge in [-0.2, -0.15) is 0 Å². The van der Waals surface area contributed by atoms with Gasteiger partial charge in [0, 0.05) is 18.7 Å². The number of methoxy groups -OCH3 is 1. The zero-order valence-electron chi connectivity index (χ0n) is 18.1. The van der Waals surface area contributed by atoms with Crippen LogP contribution in [-0.2, 0) is 13.1 Å². The lowest BCUT2D eigenvalue weighted by atomic mass is 9.97. The molecule has 2 aromatic carbocycles. The van der Waals surface area contributed by atoms with Crippen LogP contribution in [0.15, 0.2) is 58.9 Å². The summed E-state index contributed by atoms with van der Waals surface area (Å²) >= 11 is 5.46. The Kier molecular flexibility index (Phi) is 6.85. The number of rotatable bonds is 7. The molecule has 0 aliphatic heterocycles. The summed E-state index contributed by atoms with van der Waals surface area (Å²) in [5, 5.41) is 3.44. The van der Waals surface area contributed by atoms with Gasteiger partial charge in [-0.25, -0.2) is 0 Å². The van der Waals surface area contributed by atoms with Crippen LogP contribution in [0, 0.1) is 4.77 Å². The van der Waals surface area contributed by atoms with E-state index >= 15 is 0 Å². The number of benzene rings is 2. The number of H-pyrrole nitrogens is 1. The quantitative estimate of drug-likeness (QED) is 0.398. The van der Waals surface area contributed by atoms with Gasteiger partial charge in [-0.05, 0) is 80.2 Å². The van der Waals surface area contributed by atoms with Crippen LogP contribution >= 0.6 is 12.2 Å². The molecule has 0 spiro atoms. The van der Waals surface area contributed by atoms with Gasteiger partial charge in [-0.15, -0.1) is 0 Å². The van der Waals surface area contributed by atoms with Crippen LogP contribution in [0.2, 0.25) is 0 Å². The van der Waals surface area contributed by atoms with Gasteiger partial charge in [0.1, 0.15) is 5.75 Å². The summed E-state index contributed by atoms with van der Waals surface area (Å²) in [6.45, 7) is 0.967. The zero-order chi connectivity index (χ0) is 22.5. The Hall–Kier alpha value is -3.19. The Morgan fingerprint density at radius 3 is 2.72 bits per heavy atom. The van der Waals surface area contributed by atoms with Crippen LogP contribution in [-0.4, -0.2) is 22.6 Å². The summed E-state index contributed by atoms with van der Waals surface area (Å²) in [5.41, 5.74) is 3.30. The largest absolute Gasteiger partial charge is 0.497 e. The molecule has 1 aromatic heterocycles. The molecule has 0 radical (unpaired) electrons. The maximum absolute atomic E-state index is 13.0. The minimum Gasteiger partial charge on any atom is -0.497 e. The number of hydrogen-bond donors (Lipinski definition) is 2. The molecule has 32 heavy (non-hydrogen) atoms. The lowest BCUT2D eigenvalue weighted by molar-refractivity contribution is 0.0951. The van der Waals surface area contributed by atoms with E-state index in [2.05, 4.69) is 16.4 Å². The third-order valence-corrected chi connectivity index (χ3v) is 6.22. The number of fused-ring (bicyclic) bond motifs is 1. The number of allylic oxidation sites excluding steroid dienone is 2. The topological polar surface area (TPSA) is 76.1 Å². The Morgan fingerprint density at radius 1 is 1.19 bits per heavy atom. The molecule has 166 valence electrons. The van der Waals surface area contributed by atoms with Crippen molar-refractivity contribution in [3.8, 4) is 5.75 Å². The predicted octanol–water partition coefficient (Wildman–Crippen LogP) is 4.89. The van der Waals surface area contributed by atoms with Gasteiger partial charge in [0.2, 0.25) is 0 Å². The third kappa shape index (κ3) is 4.99. The van der Waals surface area contributed by atoms with Crippen molar-refractivity contribution < 1.29 is 9.53 Å². The van der Waals surface area contributed by atoms with Crippen molar-refractivity contribution in [2.45, 2.75) is 45.2 Å². The van der Waals surface area contributed by atoms with E-state index in [0.29, 0.717) is 34.3 Å². The first-order valence-corrected chi connectivity index (χ1v) is 11.3. The van der Waals surface area contributed by atoms with Crippen molar-refractivity contribution in [3.05, 3.63) is 80.4 Å². The molecule has 1 amide bonds. The highest BCUT2D eigenvalue weighted by Gasteiger charge is 2.12.